The topological polar surface area (TPSA) is 55.1 Å². The van der Waals surface area contributed by atoms with Crippen molar-refractivity contribution in [2.75, 3.05) is 0 Å². The second kappa shape index (κ2) is 4.25. The summed E-state index contributed by atoms with van der Waals surface area (Å²) in [4.78, 5) is 11.2. The highest BCUT2D eigenvalue weighted by Crippen LogP contribution is 2.22. The Balaban J connectivity index is 2.29. The maximum Gasteiger partial charge on any atom is 0.265 e. The number of nitrogens with one attached hydrogen (secondary N) is 1. The van der Waals surface area contributed by atoms with Crippen molar-refractivity contribution in [2.24, 2.45) is 5.84 Å². The molecule has 0 bridgehead atoms. The molecule has 1 aromatic heterocycles. The van der Waals surface area contributed by atoms with E-state index in [9.17, 15) is 4.79 Å². The van der Waals surface area contributed by atoms with E-state index < -0.39 is 0 Å². The number of amides is 1. The van der Waals surface area contributed by atoms with E-state index in [4.69, 9.17) is 5.84 Å². The number of hydrazine groups is 1. The van der Waals surface area contributed by atoms with Crippen molar-refractivity contribution in [3.63, 3.8) is 0 Å². The third-order valence-corrected chi connectivity index (χ3v) is 2.82. The van der Waals surface area contributed by atoms with Crippen LogP contribution in [0, 0.1) is 0 Å². The number of carbonyl (C=O) groups is 1. The van der Waals surface area contributed by atoms with E-state index >= 15 is 0 Å². The van der Waals surface area contributed by atoms with Crippen LogP contribution in [0.3, 0.4) is 0 Å². The average Bonchev–Trinajstić information content (AvgIpc) is 2.82. The van der Waals surface area contributed by atoms with Crippen LogP contribution in [-0.4, -0.2) is 5.91 Å². The first-order chi connectivity index (χ1) is 7.31. The quantitative estimate of drug-likeness (QED) is 0.460. The largest absolute Gasteiger partial charge is 0.290 e. The van der Waals surface area contributed by atoms with Crippen LogP contribution < -0.4 is 11.3 Å². The van der Waals surface area contributed by atoms with Crippen LogP contribution in [0.5, 0.6) is 0 Å². The minimum Gasteiger partial charge on any atom is -0.290 e. The summed E-state index contributed by atoms with van der Waals surface area (Å²) in [6.45, 7) is 0. The molecule has 0 aliphatic carbocycles. The summed E-state index contributed by atoms with van der Waals surface area (Å²) in [5.41, 5.74) is 4.93. The highest BCUT2D eigenvalue weighted by atomic mass is 32.1. The number of nitrogen functional groups attached to an aromatic ring is 1. The van der Waals surface area contributed by atoms with E-state index in [1.54, 1.807) is 23.5 Å². The Bertz CT molecular complexity index is 448. The fraction of sp³-hybridized carbons (Fsp3) is 0. The molecular formula is C11H10N2OS. The lowest BCUT2D eigenvalue weighted by Crippen LogP contribution is -2.29. The molecule has 2 aromatic rings. The zero-order valence-corrected chi connectivity index (χ0v) is 8.75. The monoisotopic (exact) mass is 218 g/mol. The first-order valence-corrected chi connectivity index (χ1v) is 5.39. The standard InChI is InChI=1S/C11H10N2OS/c12-13-11(14)9-3-1-8(2-4-9)10-5-6-15-7-10/h1-7H,12H2,(H,13,14). The van der Waals surface area contributed by atoms with Crippen LogP contribution in [0.2, 0.25) is 0 Å². The van der Waals surface area contributed by atoms with Crippen LogP contribution in [0.15, 0.2) is 41.1 Å². The van der Waals surface area contributed by atoms with E-state index in [-0.39, 0.29) is 5.91 Å². The van der Waals surface area contributed by atoms with Crippen molar-refractivity contribution >= 4 is 17.2 Å². The van der Waals surface area contributed by atoms with Gasteiger partial charge in [0.15, 0.2) is 0 Å². The van der Waals surface area contributed by atoms with Gasteiger partial charge in [0.1, 0.15) is 0 Å². The Labute approximate surface area is 91.5 Å². The molecule has 76 valence electrons. The molecule has 0 aliphatic heterocycles. The normalized spacial score (nSPS) is 9.93. The van der Waals surface area contributed by atoms with Crippen molar-refractivity contribution in [1.82, 2.24) is 5.43 Å². The molecular weight excluding hydrogens is 208 g/mol. The summed E-state index contributed by atoms with van der Waals surface area (Å²) in [6, 6.07) is 9.38. The Hall–Kier alpha value is -1.65. The highest BCUT2D eigenvalue weighted by molar-refractivity contribution is 7.08. The molecule has 0 spiro atoms. The fourth-order valence-corrected chi connectivity index (χ4v) is 1.99. The number of hydrogen-bond acceptors (Lipinski definition) is 3. The zero-order chi connectivity index (χ0) is 10.7. The van der Waals surface area contributed by atoms with Crippen molar-refractivity contribution in [1.29, 1.82) is 0 Å². The van der Waals surface area contributed by atoms with E-state index in [1.807, 2.05) is 23.6 Å². The van der Waals surface area contributed by atoms with Crippen molar-refractivity contribution in [3.8, 4) is 11.1 Å². The molecule has 0 saturated heterocycles. The molecule has 3 nitrogen and oxygen atoms in total. The molecule has 1 amide bonds. The second-order valence-electron chi connectivity index (χ2n) is 3.06. The Kier molecular flexibility index (Phi) is 2.80. The lowest BCUT2D eigenvalue weighted by Gasteiger charge is -2.01. The van der Waals surface area contributed by atoms with Gasteiger partial charge in [0.2, 0.25) is 0 Å². The molecule has 2 rings (SSSR count). The van der Waals surface area contributed by atoms with Gasteiger partial charge in [-0.05, 0) is 40.1 Å². The van der Waals surface area contributed by atoms with Crippen molar-refractivity contribution in [3.05, 3.63) is 46.7 Å². The van der Waals surface area contributed by atoms with Crippen LogP contribution in [0.1, 0.15) is 10.4 Å². The fourth-order valence-electron chi connectivity index (χ4n) is 1.33. The third-order valence-electron chi connectivity index (χ3n) is 2.13. The summed E-state index contributed by atoms with van der Waals surface area (Å²) in [6.07, 6.45) is 0. The van der Waals surface area contributed by atoms with Gasteiger partial charge in [-0.3, -0.25) is 10.2 Å². The Morgan fingerprint density at radius 2 is 1.87 bits per heavy atom. The van der Waals surface area contributed by atoms with Gasteiger partial charge in [0.25, 0.3) is 5.91 Å². The van der Waals surface area contributed by atoms with Crippen LogP contribution >= 0.6 is 11.3 Å². The summed E-state index contributed by atoms with van der Waals surface area (Å²) in [7, 11) is 0. The summed E-state index contributed by atoms with van der Waals surface area (Å²) in [5, 5.41) is 4.09. The van der Waals surface area contributed by atoms with Crippen molar-refractivity contribution in [2.45, 2.75) is 0 Å². The Morgan fingerprint density at radius 1 is 1.13 bits per heavy atom. The van der Waals surface area contributed by atoms with Gasteiger partial charge in [-0.2, -0.15) is 11.3 Å². The summed E-state index contributed by atoms with van der Waals surface area (Å²) in [5.74, 6) is 4.77. The smallest absolute Gasteiger partial charge is 0.265 e. The molecule has 4 heteroatoms. The first-order valence-electron chi connectivity index (χ1n) is 4.45. The van der Waals surface area contributed by atoms with Gasteiger partial charge in [-0.15, -0.1) is 0 Å². The number of hydrogen-bond donors (Lipinski definition) is 2. The Morgan fingerprint density at radius 3 is 2.40 bits per heavy atom. The van der Waals surface area contributed by atoms with E-state index in [1.165, 1.54) is 5.56 Å². The average molecular weight is 218 g/mol. The van der Waals surface area contributed by atoms with Crippen molar-refractivity contribution < 1.29 is 4.79 Å². The SMILES string of the molecule is NNC(=O)c1ccc(-c2ccsc2)cc1. The van der Waals surface area contributed by atoms with Gasteiger partial charge < -0.3 is 0 Å². The molecule has 0 radical (unpaired) electrons. The molecule has 0 aliphatic rings. The maximum absolute atomic E-state index is 11.2. The summed E-state index contributed by atoms with van der Waals surface area (Å²) < 4.78 is 0. The second-order valence-corrected chi connectivity index (χ2v) is 3.84. The molecule has 1 aromatic carbocycles. The predicted octanol–water partition coefficient (Wildman–Crippen LogP) is 2.02. The van der Waals surface area contributed by atoms with Crippen LogP contribution in [0.4, 0.5) is 0 Å². The molecule has 0 saturated carbocycles. The maximum atomic E-state index is 11.2. The zero-order valence-electron chi connectivity index (χ0n) is 7.94. The third kappa shape index (κ3) is 2.06. The van der Waals surface area contributed by atoms with E-state index in [0.717, 1.165) is 5.56 Å². The predicted molar refractivity (Wildman–Crippen MR) is 61.4 cm³/mol. The number of benzene rings is 1. The molecule has 0 unspecified atom stereocenters. The lowest BCUT2D eigenvalue weighted by molar-refractivity contribution is 0.0953. The van der Waals surface area contributed by atoms with Gasteiger partial charge in [-0.25, -0.2) is 5.84 Å². The highest BCUT2D eigenvalue weighted by Gasteiger charge is 2.03. The molecule has 3 N–H and O–H groups in total. The molecule has 0 atom stereocenters. The lowest BCUT2D eigenvalue weighted by atomic mass is 10.1. The number of rotatable bonds is 2. The van der Waals surface area contributed by atoms with Gasteiger partial charge in [0.05, 0.1) is 0 Å². The van der Waals surface area contributed by atoms with Gasteiger partial charge in [-0.1, -0.05) is 12.1 Å². The minimum absolute atomic E-state index is 0.271. The molecule has 1 heterocycles. The summed E-state index contributed by atoms with van der Waals surface area (Å²) >= 11 is 1.65. The molecule has 0 fully saturated rings. The minimum atomic E-state index is -0.271. The van der Waals surface area contributed by atoms with Crippen LogP contribution in [0.25, 0.3) is 11.1 Å². The number of carbonyl (C=O) groups excluding carboxylic acids is 1. The van der Waals surface area contributed by atoms with Gasteiger partial charge >= 0.3 is 0 Å². The van der Waals surface area contributed by atoms with E-state index in [0.29, 0.717) is 5.56 Å². The first kappa shape index (κ1) is 9.89. The van der Waals surface area contributed by atoms with E-state index in [2.05, 4.69) is 10.8 Å². The molecule has 15 heavy (non-hydrogen) atoms. The number of thiophene rings is 1. The van der Waals surface area contributed by atoms with Gasteiger partial charge in [0, 0.05) is 5.56 Å². The van der Waals surface area contributed by atoms with Crippen LogP contribution in [-0.2, 0) is 0 Å². The number of nitrogens with two attached hydrogens (primary N) is 1.